The van der Waals surface area contributed by atoms with Crippen LogP contribution >= 0.6 is 0 Å². The summed E-state index contributed by atoms with van der Waals surface area (Å²) in [4.78, 5) is 39.8. The molecule has 1 N–H and O–H groups in total. The van der Waals surface area contributed by atoms with E-state index in [-0.39, 0.29) is 30.7 Å². The molecule has 0 bridgehead atoms. The molecule has 0 spiro atoms. The highest BCUT2D eigenvalue weighted by atomic mass is 16.4. The first-order valence-electron chi connectivity index (χ1n) is 8.91. The van der Waals surface area contributed by atoms with Crippen molar-refractivity contribution >= 4 is 23.5 Å². The molecule has 25 heavy (non-hydrogen) atoms. The van der Waals surface area contributed by atoms with E-state index in [2.05, 4.69) is 0 Å². The highest BCUT2D eigenvalue weighted by molar-refractivity contribution is 6.00. The first-order chi connectivity index (χ1) is 12.0. The summed E-state index contributed by atoms with van der Waals surface area (Å²) in [5.74, 6) is -1.85. The van der Waals surface area contributed by atoms with Crippen LogP contribution in [0.1, 0.15) is 31.7 Å². The van der Waals surface area contributed by atoms with Crippen molar-refractivity contribution in [2.75, 3.05) is 24.5 Å². The molecule has 2 unspecified atom stereocenters. The minimum atomic E-state index is -0.849. The molecule has 0 aliphatic carbocycles. The number of carbonyl (C=O) groups excluding carboxylic acids is 2. The van der Waals surface area contributed by atoms with Crippen molar-refractivity contribution in [3.05, 3.63) is 29.8 Å². The fourth-order valence-electron chi connectivity index (χ4n) is 3.82. The standard InChI is InChI=1S/C19H24N2O4/c1-2-13-6-3-4-8-16(13)21-12-15(10-17(21)22)18(23)20-9-5-7-14(11-20)19(24)25/h3-4,6,8,14-15H,2,5,7,9-12H2,1H3,(H,24,25). The molecular weight excluding hydrogens is 320 g/mol. The average Bonchev–Trinajstić information content (AvgIpc) is 3.02. The van der Waals surface area contributed by atoms with Crippen molar-refractivity contribution < 1.29 is 19.5 Å². The maximum Gasteiger partial charge on any atom is 0.308 e. The van der Waals surface area contributed by atoms with E-state index >= 15 is 0 Å². The van der Waals surface area contributed by atoms with Crippen LogP contribution in [0.25, 0.3) is 0 Å². The molecule has 6 heteroatoms. The number of carbonyl (C=O) groups is 3. The Hall–Kier alpha value is -2.37. The molecule has 2 amide bonds. The molecule has 6 nitrogen and oxygen atoms in total. The first-order valence-corrected chi connectivity index (χ1v) is 8.91. The molecule has 2 fully saturated rings. The molecule has 2 aliphatic rings. The second kappa shape index (κ2) is 7.25. The Labute approximate surface area is 147 Å². The Morgan fingerprint density at radius 3 is 2.68 bits per heavy atom. The Balaban J connectivity index is 1.71. The number of hydrogen-bond acceptors (Lipinski definition) is 3. The summed E-state index contributed by atoms with van der Waals surface area (Å²) >= 11 is 0. The van der Waals surface area contributed by atoms with Gasteiger partial charge in [-0.2, -0.15) is 0 Å². The van der Waals surface area contributed by atoms with Gasteiger partial charge in [0.1, 0.15) is 0 Å². The molecule has 0 saturated carbocycles. The van der Waals surface area contributed by atoms with Gasteiger partial charge < -0.3 is 14.9 Å². The first kappa shape index (κ1) is 17.5. The number of carboxylic acids is 1. The van der Waals surface area contributed by atoms with E-state index in [1.165, 1.54) is 0 Å². The van der Waals surface area contributed by atoms with E-state index in [1.807, 2.05) is 31.2 Å². The predicted octanol–water partition coefficient (Wildman–Crippen LogP) is 1.93. The molecule has 1 aromatic rings. The zero-order valence-corrected chi connectivity index (χ0v) is 14.5. The second-order valence-electron chi connectivity index (χ2n) is 6.85. The van der Waals surface area contributed by atoms with Crippen LogP contribution in [0.4, 0.5) is 5.69 Å². The Morgan fingerprint density at radius 1 is 1.20 bits per heavy atom. The van der Waals surface area contributed by atoms with E-state index in [0.717, 1.165) is 17.7 Å². The third kappa shape index (κ3) is 3.52. The second-order valence-corrected chi connectivity index (χ2v) is 6.85. The largest absolute Gasteiger partial charge is 0.481 e. The SMILES string of the molecule is CCc1ccccc1N1CC(C(=O)N2CCCC(C(=O)O)C2)CC1=O. The molecule has 2 aliphatic heterocycles. The smallest absolute Gasteiger partial charge is 0.308 e. The van der Waals surface area contributed by atoms with Crippen LogP contribution in [0.3, 0.4) is 0 Å². The fourth-order valence-corrected chi connectivity index (χ4v) is 3.82. The van der Waals surface area contributed by atoms with Crippen molar-refractivity contribution in [1.29, 1.82) is 0 Å². The number of piperidine rings is 1. The summed E-state index contributed by atoms with van der Waals surface area (Å²) < 4.78 is 0. The Morgan fingerprint density at radius 2 is 1.96 bits per heavy atom. The summed E-state index contributed by atoms with van der Waals surface area (Å²) in [5.41, 5.74) is 1.97. The molecular formula is C19H24N2O4. The van der Waals surface area contributed by atoms with Crippen LogP contribution in [0.5, 0.6) is 0 Å². The van der Waals surface area contributed by atoms with Crippen molar-refractivity contribution in [3.63, 3.8) is 0 Å². The lowest BCUT2D eigenvalue weighted by Gasteiger charge is -2.32. The highest BCUT2D eigenvalue weighted by Gasteiger charge is 2.39. The molecule has 2 atom stereocenters. The number of benzene rings is 1. The molecule has 2 saturated heterocycles. The predicted molar refractivity (Wildman–Crippen MR) is 93.2 cm³/mol. The third-order valence-corrected chi connectivity index (χ3v) is 5.22. The number of likely N-dealkylation sites (tertiary alicyclic amines) is 1. The van der Waals surface area contributed by atoms with Crippen LogP contribution in [-0.2, 0) is 20.8 Å². The van der Waals surface area contributed by atoms with Gasteiger partial charge in [0.05, 0.1) is 11.8 Å². The van der Waals surface area contributed by atoms with Gasteiger partial charge in [0.15, 0.2) is 0 Å². The topological polar surface area (TPSA) is 77.9 Å². The van der Waals surface area contributed by atoms with Crippen LogP contribution in [0.2, 0.25) is 0 Å². The monoisotopic (exact) mass is 344 g/mol. The van der Waals surface area contributed by atoms with E-state index < -0.39 is 11.9 Å². The zero-order valence-electron chi connectivity index (χ0n) is 14.5. The molecule has 3 rings (SSSR count). The summed E-state index contributed by atoms with van der Waals surface area (Å²) in [6.07, 6.45) is 2.33. The number of nitrogens with zero attached hydrogens (tertiary/aromatic N) is 2. The van der Waals surface area contributed by atoms with Gasteiger partial charge in [-0.3, -0.25) is 14.4 Å². The van der Waals surface area contributed by atoms with Gasteiger partial charge in [-0.05, 0) is 30.9 Å². The van der Waals surface area contributed by atoms with Crippen molar-refractivity contribution in [2.45, 2.75) is 32.6 Å². The summed E-state index contributed by atoms with van der Waals surface area (Å²) in [6, 6.07) is 7.77. The summed E-state index contributed by atoms with van der Waals surface area (Å²) in [7, 11) is 0. The minimum absolute atomic E-state index is 0.0361. The minimum Gasteiger partial charge on any atom is -0.481 e. The summed E-state index contributed by atoms with van der Waals surface area (Å²) in [6.45, 7) is 3.26. The quantitative estimate of drug-likeness (QED) is 0.905. The highest BCUT2D eigenvalue weighted by Crippen LogP contribution is 2.30. The van der Waals surface area contributed by atoms with Crippen molar-refractivity contribution in [3.8, 4) is 0 Å². The number of para-hydroxylation sites is 1. The van der Waals surface area contributed by atoms with Crippen molar-refractivity contribution in [2.24, 2.45) is 11.8 Å². The van der Waals surface area contributed by atoms with E-state index in [0.29, 0.717) is 25.9 Å². The lowest BCUT2D eigenvalue weighted by molar-refractivity contribution is -0.146. The summed E-state index contributed by atoms with van der Waals surface area (Å²) in [5, 5.41) is 9.19. The number of carboxylic acid groups (broad SMARTS) is 1. The molecule has 0 aromatic heterocycles. The average molecular weight is 344 g/mol. The fraction of sp³-hybridized carbons (Fsp3) is 0.526. The maximum atomic E-state index is 12.8. The van der Waals surface area contributed by atoms with Gasteiger partial charge in [-0.1, -0.05) is 25.1 Å². The van der Waals surface area contributed by atoms with Gasteiger partial charge in [0.2, 0.25) is 11.8 Å². The Bertz CT molecular complexity index is 688. The van der Waals surface area contributed by atoms with Gasteiger partial charge >= 0.3 is 5.97 Å². The number of rotatable bonds is 4. The molecule has 2 heterocycles. The van der Waals surface area contributed by atoms with E-state index in [4.69, 9.17) is 0 Å². The number of aliphatic carboxylic acids is 1. The van der Waals surface area contributed by atoms with E-state index in [9.17, 15) is 19.5 Å². The number of aryl methyl sites for hydroxylation is 1. The number of amides is 2. The lowest BCUT2D eigenvalue weighted by atomic mass is 9.96. The van der Waals surface area contributed by atoms with Crippen LogP contribution in [-0.4, -0.2) is 47.4 Å². The van der Waals surface area contributed by atoms with E-state index in [1.54, 1.807) is 9.80 Å². The molecule has 134 valence electrons. The number of anilines is 1. The normalized spacial score (nSPS) is 23.8. The Kier molecular flexibility index (Phi) is 5.06. The molecule has 1 aromatic carbocycles. The zero-order chi connectivity index (χ0) is 18.0. The van der Waals surface area contributed by atoms with Crippen LogP contribution in [0, 0.1) is 11.8 Å². The third-order valence-electron chi connectivity index (χ3n) is 5.22. The molecule has 0 radical (unpaired) electrons. The van der Waals surface area contributed by atoms with Gasteiger partial charge in [0.25, 0.3) is 0 Å². The number of hydrogen-bond donors (Lipinski definition) is 1. The van der Waals surface area contributed by atoms with Crippen LogP contribution in [0.15, 0.2) is 24.3 Å². The maximum absolute atomic E-state index is 12.8. The van der Waals surface area contributed by atoms with Crippen LogP contribution < -0.4 is 4.90 Å². The van der Waals surface area contributed by atoms with Gasteiger partial charge in [-0.25, -0.2) is 0 Å². The lowest BCUT2D eigenvalue weighted by Crippen LogP contribution is -2.45. The van der Waals surface area contributed by atoms with Crippen molar-refractivity contribution in [1.82, 2.24) is 4.90 Å². The van der Waals surface area contributed by atoms with Gasteiger partial charge in [-0.15, -0.1) is 0 Å². The van der Waals surface area contributed by atoms with Gasteiger partial charge in [0, 0.05) is 31.7 Å².